The summed E-state index contributed by atoms with van der Waals surface area (Å²) in [4.78, 5) is 2.33. The molecule has 1 rings (SSSR count). The molecule has 6 heteroatoms. The highest BCUT2D eigenvalue weighted by Crippen LogP contribution is 1.99. The van der Waals surface area contributed by atoms with Crippen LogP contribution in [0.5, 0.6) is 0 Å². The zero-order valence-electron chi connectivity index (χ0n) is 11.3. The molecule has 0 aliphatic rings. The molecule has 0 atom stereocenters. The molecule has 0 spiro atoms. The van der Waals surface area contributed by atoms with Crippen molar-refractivity contribution in [1.29, 1.82) is 0 Å². The summed E-state index contributed by atoms with van der Waals surface area (Å²) >= 11 is 0. The van der Waals surface area contributed by atoms with Gasteiger partial charge in [0.15, 0.2) is 0 Å². The van der Waals surface area contributed by atoms with Crippen molar-refractivity contribution >= 4 is 5.82 Å². The average molecular weight is 256 g/mol. The van der Waals surface area contributed by atoms with E-state index in [1.165, 1.54) is 0 Å². The molecule has 0 aromatic carbocycles. The molecule has 18 heavy (non-hydrogen) atoms. The predicted molar refractivity (Wildman–Crippen MR) is 71.4 cm³/mol. The van der Waals surface area contributed by atoms with Gasteiger partial charge in [-0.2, -0.15) is 5.10 Å². The van der Waals surface area contributed by atoms with E-state index in [0.717, 1.165) is 45.8 Å². The molecule has 0 aliphatic heterocycles. The largest absolute Gasteiger partial charge is 0.383 e. The van der Waals surface area contributed by atoms with Gasteiger partial charge >= 0.3 is 0 Å². The Bertz CT molecular complexity index is 309. The third kappa shape index (κ3) is 6.00. The molecule has 1 aromatic rings. The van der Waals surface area contributed by atoms with E-state index in [1.807, 2.05) is 16.9 Å². The first-order valence-electron chi connectivity index (χ1n) is 6.25. The fraction of sp³-hybridized carbons (Fsp3) is 0.750. The number of hydrogen-bond acceptors (Lipinski definition) is 5. The van der Waals surface area contributed by atoms with Crippen LogP contribution in [0.25, 0.3) is 0 Å². The molecule has 1 aromatic heterocycles. The van der Waals surface area contributed by atoms with Crippen molar-refractivity contribution in [3.05, 3.63) is 12.3 Å². The third-order valence-electron chi connectivity index (χ3n) is 2.75. The second kappa shape index (κ2) is 8.91. The highest BCUT2D eigenvalue weighted by Gasteiger charge is 2.04. The summed E-state index contributed by atoms with van der Waals surface area (Å²) in [6.45, 7) is 5.25. The van der Waals surface area contributed by atoms with E-state index < -0.39 is 0 Å². The molecule has 0 fully saturated rings. The lowest BCUT2D eigenvalue weighted by molar-refractivity contribution is 0.112. The average Bonchev–Trinajstić information content (AvgIpc) is 2.78. The molecular weight excluding hydrogens is 232 g/mol. The molecule has 0 saturated carbocycles. The minimum Gasteiger partial charge on any atom is -0.383 e. The number of methoxy groups -OCH3 is 2. The molecule has 0 saturated heterocycles. The van der Waals surface area contributed by atoms with Gasteiger partial charge in [-0.05, 0) is 12.5 Å². The Morgan fingerprint density at radius 3 is 2.39 bits per heavy atom. The van der Waals surface area contributed by atoms with Gasteiger partial charge in [0.05, 0.1) is 13.2 Å². The number of nitrogens with two attached hydrogens (primary N) is 1. The van der Waals surface area contributed by atoms with Gasteiger partial charge in [0.2, 0.25) is 0 Å². The number of ether oxygens (including phenoxy) is 2. The normalized spacial score (nSPS) is 11.3. The summed E-state index contributed by atoms with van der Waals surface area (Å²) in [5.74, 6) is 0.575. The molecule has 1 heterocycles. The molecule has 104 valence electrons. The van der Waals surface area contributed by atoms with Crippen LogP contribution in [0.2, 0.25) is 0 Å². The van der Waals surface area contributed by atoms with Gasteiger partial charge in [-0.3, -0.25) is 9.58 Å². The number of anilines is 1. The van der Waals surface area contributed by atoms with Crippen LogP contribution in [-0.2, 0) is 16.0 Å². The van der Waals surface area contributed by atoms with Crippen molar-refractivity contribution < 1.29 is 9.47 Å². The topological polar surface area (TPSA) is 65.5 Å². The minimum absolute atomic E-state index is 0.575. The Hall–Kier alpha value is -1.11. The smallest absolute Gasteiger partial charge is 0.145 e. The van der Waals surface area contributed by atoms with Gasteiger partial charge < -0.3 is 15.2 Å². The molecule has 0 radical (unpaired) electrons. The van der Waals surface area contributed by atoms with Gasteiger partial charge in [-0.1, -0.05) is 0 Å². The fourth-order valence-electron chi connectivity index (χ4n) is 1.73. The molecule has 0 unspecified atom stereocenters. The Labute approximate surface area is 109 Å². The lowest BCUT2D eigenvalue weighted by atomic mass is 10.3. The molecule has 0 aliphatic carbocycles. The van der Waals surface area contributed by atoms with Crippen molar-refractivity contribution in [2.24, 2.45) is 0 Å². The van der Waals surface area contributed by atoms with Gasteiger partial charge in [0.25, 0.3) is 0 Å². The summed E-state index contributed by atoms with van der Waals surface area (Å²) < 4.78 is 12.1. The van der Waals surface area contributed by atoms with E-state index in [-0.39, 0.29) is 0 Å². The number of nitrogens with zero attached hydrogens (tertiary/aromatic N) is 3. The van der Waals surface area contributed by atoms with E-state index in [1.54, 1.807) is 14.2 Å². The first kappa shape index (κ1) is 14.9. The van der Waals surface area contributed by atoms with Crippen molar-refractivity contribution in [1.82, 2.24) is 14.7 Å². The summed E-state index contributed by atoms with van der Waals surface area (Å²) in [5.41, 5.74) is 5.57. The van der Waals surface area contributed by atoms with Crippen LogP contribution >= 0.6 is 0 Å². The predicted octanol–water partition coefficient (Wildman–Crippen LogP) is 0.450. The monoisotopic (exact) mass is 256 g/mol. The summed E-state index contributed by atoms with van der Waals surface area (Å²) in [5, 5.41) is 4.16. The van der Waals surface area contributed by atoms with E-state index in [0.29, 0.717) is 5.82 Å². The number of hydrogen-bond donors (Lipinski definition) is 1. The Morgan fingerprint density at radius 2 is 1.89 bits per heavy atom. The first-order chi connectivity index (χ1) is 8.76. The first-order valence-corrected chi connectivity index (χ1v) is 6.25. The second-order valence-electron chi connectivity index (χ2n) is 4.18. The minimum atomic E-state index is 0.575. The second-order valence-corrected chi connectivity index (χ2v) is 4.18. The lowest BCUT2D eigenvalue weighted by Gasteiger charge is -2.21. The maximum Gasteiger partial charge on any atom is 0.145 e. The summed E-state index contributed by atoms with van der Waals surface area (Å²) in [7, 11) is 3.45. The maximum atomic E-state index is 5.57. The van der Waals surface area contributed by atoms with Crippen LogP contribution in [0.4, 0.5) is 5.82 Å². The van der Waals surface area contributed by atoms with Crippen LogP contribution in [0.15, 0.2) is 12.3 Å². The Balaban J connectivity index is 2.22. The fourth-order valence-corrected chi connectivity index (χ4v) is 1.73. The molecule has 2 N–H and O–H groups in total. The van der Waals surface area contributed by atoms with Crippen molar-refractivity contribution in [2.75, 3.05) is 52.8 Å². The van der Waals surface area contributed by atoms with Crippen LogP contribution in [0.3, 0.4) is 0 Å². The quantitative estimate of drug-likeness (QED) is 0.658. The molecule has 0 bridgehead atoms. The lowest BCUT2D eigenvalue weighted by Crippen LogP contribution is -2.32. The number of aryl methyl sites for hydroxylation is 1. The number of rotatable bonds is 10. The zero-order chi connectivity index (χ0) is 13.2. The molecular formula is C12H24N4O2. The van der Waals surface area contributed by atoms with Crippen LogP contribution in [0, 0.1) is 0 Å². The van der Waals surface area contributed by atoms with Crippen molar-refractivity contribution in [3.63, 3.8) is 0 Å². The van der Waals surface area contributed by atoms with Gasteiger partial charge in [-0.15, -0.1) is 0 Å². The zero-order valence-corrected chi connectivity index (χ0v) is 11.3. The maximum absolute atomic E-state index is 5.57. The molecule has 6 nitrogen and oxygen atoms in total. The van der Waals surface area contributed by atoms with Crippen LogP contribution in [-0.4, -0.2) is 61.7 Å². The highest BCUT2D eigenvalue weighted by molar-refractivity contribution is 5.23. The van der Waals surface area contributed by atoms with E-state index in [2.05, 4.69) is 10.00 Å². The van der Waals surface area contributed by atoms with Crippen LogP contribution < -0.4 is 5.73 Å². The van der Waals surface area contributed by atoms with Gasteiger partial charge in [0.1, 0.15) is 5.82 Å². The van der Waals surface area contributed by atoms with Crippen molar-refractivity contribution in [2.45, 2.75) is 13.0 Å². The summed E-state index contributed by atoms with van der Waals surface area (Å²) in [6.07, 6.45) is 2.94. The van der Waals surface area contributed by atoms with Crippen molar-refractivity contribution in [3.8, 4) is 0 Å². The summed E-state index contributed by atoms with van der Waals surface area (Å²) in [6, 6.07) is 1.81. The Morgan fingerprint density at radius 1 is 1.22 bits per heavy atom. The van der Waals surface area contributed by atoms with E-state index in [4.69, 9.17) is 15.2 Å². The number of nitrogen functional groups attached to an aromatic ring is 1. The van der Waals surface area contributed by atoms with Gasteiger partial charge in [0, 0.05) is 46.6 Å². The SMILES string of the molecule is COCCN(CCCn1ccc(N)n1)CCOC. The standard InChI is InChI=1S/C12H24N4O2/c1-17-10-8-15(9-11-18-2)5-3-6-16-7-4-12(13)14-16/h4,7H,3,5-6,8-11H2,1-2H3,(H2,13,14). The highest BCUT2D eigenvalue weighted by atomic mass is 16.5. The Kier molecular flexibility index (Phi) is 7.40. The third-order valence-corrected chi connectivity index (χ3v) is 2.75. The van der Waals surface area contributed by atoms with Crippen LogP contribution in [0.1, 0.15) is 6.42 Å². The number of aromatic nitrogens is 2. The van der Waals surface area contributed by atoms with E-state index in [9.17, 15) is 0 Å². The molecule has 0 amide bonds. The van der Waals surface area contributed by atoms with Gasteiger partial charge in [-0.25, -0.2) is 0 Å². The van der Waals surface area contributed by atoms with E-state index >= 15 is 0 Å².